The van der Waals surface area contributed by atoms with Crippen LogP contribution in [0.2, 0.25) is 0 Å². The Morgan fingerprint density at radius 2 is 1.81 bits per heavy atom. The van der Waals surface area contributed by atoms with Gasteiger partial charge in [0.05, 0.1) is 20.0 Å². The zero-order chi connectivity index (χ0) is 19.2. The van der Waals surface area contributed by atoms with E-state index < -0.39 is 0 Å². The molecule has 0 atom stereocenters. The number of aromatic amines is 1. The minimum atomic E-state index is -0.132. The molecule has 0 bridgehead atoms. The summed E-state index contributed by atoms with van der Waals surface area (Å²) in [5.74, 6) is 2.19. The van der Waals surface area contributed by atoms with Crippen LogP contribution in [-0.2, 0) is 4.79 Å². The van der Waals surface area contributed by atoms with Crippen molar-refractivity contribution in [3.05, 3.63) is 48.0 Å². The molecule has 0 saturated carbocycles. The number of hydrogen-bond donors (Lipinski definition) is 2. The topological polar surface area (TPSA) is 89.1 Å². The number of nitrogens with one attached hydrogen (secondary N) is 2. The number of anilines is 1. The van der Waals surface area contributed by atoms with Crippen LogP contribution >= 0.6 is 11.8 Å². The van der Waals surface area contributed by atoms with Gasteiger partial charge in [0.15, 0.2) is 5.82 Å². The highest BCUT2D eigenvalue weighted by Crippen LogP contribution is 2.24. The summed E-state index contributed by atoms with van der Waals surface area (Å²) in [6.07, 6.45) is 0. The van der Waals surface area contributed by atoms with Gasteiger partial charge in [0, 0.05) is 17.3 Å². The molecule has 27 heavy (non-hydrogen) atoms. The molecule has 1 amide bonds. The third-order valence-corrected chi connectivity index (χ3v) is 4.73. The molecule has 0 unspecified atom stereocenters. The molecule has 3 rings (SSSR count). The van der Waals surface area contributed by atoms with Crippen molar-refractivity contribution in [2.75, 3.05) is 25.3 Å². The number of rotatable bonds is 7. The summed E-state index contributed by atoms with van der Waals surface area (Å²) in [5, 5.41) is 10.4. The van der Waals surface area contributed by atoms with Crippen LogP contribution in [0.25, 0.3) is 11.4 Å². The molecule has 2 N–H and O–H groups in total. The maximum atomic E-state index is 12.2. The number of aryl methyl sites for hydroxylation is 1. The molecule has 0 aliphatic rings. The summed E-state index contributed by atoms with van der Waals surface area (Å²) in [7, 11) is 3.21. The smallest absolute Gasteiger partial charge is 0.234 e. The van der Waals surface area contributed by atoms with Gasteiger partial charge in [-0.15, -0.1) is 5.10 Å². The van der Waals surface area contributed by atoms with Crippen molar-refractivity contribution in [1.82, 2.24) is 15.2 Å². The van der Waals surface area contributed by atoms with Gasteiger partial charge in [-0.25, -0.2) is 4.98 Å². The number of amides is 1. The number of ether oxygens (including phenoxy) is 2. The number of benzene rings is 2. The fraction of sp³-hybridized carbons (Fsp3) is 0.211. The van der Waals surface area contributed by atoms with E-state index in [0.717, 1.165) is 22.6 Å². The lowest BCUT2D eigenvalue weighted by atomic mass is 10.2. The maximum Gasteiger partial charge on any atom is 0.234 e. The fourth-order valence-corrected chi connectivity index (χ4v) is 2.97. The van der Waals surface area contributed by atoms with Crippen molar-refractivity contribution < 1.29 is 14.3 Å². The van der Waals surface area contributed by atoms with Crippen molar-refractivity contribution in [3.8, 4) is 22.9 Å². The molecule has 0 aliphatic heterocycles. The van der Waals surface area contributed by atoms with Crippen LogP contribution in [0.5, 0.6) is 11.5 Å². The highest BCUT2D eigenvalue weighted by molar-refractivity contribution is 7.99. The maximum absolute atomic E-state index is 12.2. The van der Waals surface area contributed by atoms with Crippen molar-refractivity contribution in [2.24, 2.45) is 0 Å². The first-order chi connectivity index (χ1) is 13.1. The lowest BCUT2D eigenvalue weighted by molar-refractivity contribution is -0.113. The van der Waals surface area contributed by atoms with Crippen LogP contribution in [0.3, 0.4) is 0 Å². The summed E-state index contributed by atoms with van der Waals surface area (Å²) in [6, 6.07) is 13.1. The van der Waals surface area contributed by atoms with E-state index in [1.54, 1.807) is 20.3 Å². The Morgan fingerprint density at radius 3 is 2.52 bits per heavy atom. The zero-order valence-corrected chi connectivity index (χ0v) is 16.1. The molecule has 0 spiro atoms. The number of hydrogen-bond acceptors (Lipinski definition) is 6. The lowest BCUT2D eigenvalue weighted by Gasteiger charge is -2.09. The van der Waals surface area contributed by atoms with Crippen molar-refractivity contribution in [2.45, 2.75) is 12.1 Å². The number of H-pyrrole nitrogens is 1. The van der Waals surface area contributed by atoms with Crippen LogP contribution in [-0.4, -0.2) is 41.1 Å². The average molecular weight is 384 g/mol. The Kier molecular flexibility index (Phi) is 5.97. The Hall–Kier alpha value is -3.00. The second-order valence-corrected chi connectivity index (χ2v) is 6.66. The molecule has 2 aromatic carbocycles. The predicted molar refractivity (Wildman–Crippen MR) is 105 cm³/mol. The summed E-state index contributed by atoms with van der Waals surface area (Å²) in [6.45, 7) is 1.93. The largest absolute Gasteiger partial charge is 0.497 e. The highest BCUT2D eigenvalue weighted by Gasteiger charge is 2.11. The summed E-state index contributed by atoms with van der Waals surface area (Å²) in [5.41, 5.74) is 2.59. The summed E-state index contributed by atoms with van der Waals surface area (Å²) >= 11 is 1.27. The molecular weight excluding hydrogens is 364 g/mol. The molecule has 0 fully saturated rings. The fourth-order valence-electron chi connectivity index (χ4n) is 2.37. The third kappa shape index (κ3) is 4.79. The van der Waals surface area contributed by atoms with Crippen LogP contribution in [0, 0.1) is 6.92 Å². The van der Waals surface area contributed by atoms with E-state index in [9.17, 15) is 4.79 Å². The lowest BCUT2D eigenvalue weighted by Crippen LogP contribution is -2.15. The monoisotopic (exact) mass is 384 g/mol. The first kappa shape index (κ1) is 18.8. The Labute approximate surface area is 161 Å². The van der Waals surface area contributed by atoms with E-state index in [1.165, 1.54) is 11.8 Å². The van der Waals surface area contributed by atoms with Gasteiger partial charge in [0.25, 0.3) is 0 Å². The van der Waals surface area contributed by atoms with Gasteiger partial charge in [-0.2, -0.15) is 0 Å². The van der Waals surface area contributed by atoms with Gasteiger partial charge >= 0.3 is 0 Å². The predicted octanol–water partition coefficient (Wildman–Crippen LogP) is 3.53. The first-order valence-electron chi connectivity index (χ1n) is 8.23. The number of methoxy groups -OCH3 is 2. The molecule has 0 saturated heterocycles. The highest BCUT2D eigenvalue weighted by atomic mass is 32.2. The molecule has 7 nitrogen and oxygen atoms in total. The number of carbonyl (C=O) groups excluding carboxylic acids is 1. The first-order valence-corrected chi connectivity index (χ1v) is 9.21. The SMILES string of the molecule is COc1ccc(-c2nc(SCC(=O)Nc3cc(OC)ccc3C)n[nH]2)cc1. The van der Waals surface area contributed by atoms with Crippen molar-refractivity contribution >= 4 is 23.4 Å². The molecule has 1 aromatic heterocycles. The zero-order valence-electron chi connectivity index (χ0n) is 15.3. The molecule has 140 valence electrons. The third-order valence-electron chi connectivity index (χ3n) is 3.88. The summed E-state index contributed by atoms with van der Waals surface area (Å²) in [4.78, 5) is 16.6. The Bertz CT molecular complexity index is 925. The molecular formula is C19H20N4O3S. The quantitative estimate of drug-likeness (QED) is 0.606. The van der Waals surface area contributed by atoms with Crippen LogP contribution < -0.4 is 14.8 Å². The number of aromatic nitrogens is 3. The van der Waals surface area contributed by atoms with Gasteiger partial charge in [-0.3, -0.25) is 9.89 Å². The number of nitrogens with zero attached hydrogens (tertiary/aromatic N) is 2. The molecule has 0 radical (unpaired) electrons. The molecule has 0 aliphatic carbocycles. The van der Waals surface area contributed by atoms with Gasteiger partial charge < -0.3 is 14.8 Å². The van der Waals surface area contributed by atoms with E-state index in [4.69, 9.17) is 9.47 Å². The van der Waals surface area contributed by atoms with Gasteiger partial charge in [-0.05, 0) is 42.8 Å². The van der Waals surface area contributed by atoms with Gasteiger partial charge in [-0.1, -0.05) is 17.8 Å². The van der Waals surface area contributed by atoms with E-state index in [-0.39, 0.29) is 11.7 Å². The normalized spacial score (nSPS) is 10.5. The number of thioether (sulfide) groups is 1. The second kappa shape index (κ2) is 8.59. The average Bonchev–Trinajstić information content (AvgIpc) is 3.17. The summed E-state index contributed by atoms with van der Waals surface area (Å²) < 4.78 is 10.3. The minimum absolute atomic E-state index is 0.132. The Balaban J connectivity index is 1.58. The van der Waals surface area contributed by atoms with Crippen LogP contribution in [0.4, 0.5) is 5.69 Å². The van der Waals surface area contributed by atoms with Crippen LogP contribution in [0.1, 0.15) is 5.56 Å². The second-order valence-electron chi connectivity index (χ2n) is 5.71. The molecule has 8 heteroatoms. The van der Waals surface area contributed by atoms with Crippen molar-refractivity contribution in [3.63, 3.8) is 0 Å². The van der Waals surface area contributed by atoms with Crippen molar-refractivity contribution in [1.29, 1.82) is 0 Å². The van der Waals surface area contributed by atoms with Crippen LogP contribution in [0.15, 0.2) is 47.6 Å². The van der Waals surface area contributed by atoms with E-state index in [1.807, 2.05) is 43.3 Å². The van der Waals surface area contributed by atoms with Gasteiger partial charge in [0.1, 0.15) is 11.5 Å². The standard InChI is InChI=1S/C19H20N4O3S/c1-12-4-7-15(26-3)10-16(12)20-17(24)11-27-19-21-18(22-23-19)13-5-8-14(25-2)9-6-13/h4-10H,11H2,1-3H3,(H,20,24)(H,21,22,23). The van der Waals surface area contributed by atoms with Gasteiger partial charge in [0.2, 0.25) is 11.1 Å². The van der Waals surface area contributed by atoms with E-state index in [2.05, 4.69) is 20.5 Å². The Morgan fingerprint density at radius 1 is 1.11 bits per heavy atom. The van der Waals surface area contributed by atoms with E-state index >= 15 is 0 Å². The minimum Gasteiger partial charge on any atom is -0.497 e. The molecule has 3 aromatic rings. The number of carbonyl (C=O) groups is 1. The molecule has 1 heterocycles. The van der Waals surface area contributed by atoms with E-state index in [0.29, 0.717) is 16.7 Å².